The largest absolute Gasteiger partial charge is 0.477 e. The number of amides is 5. The summed E-state index contributed by atoms with van der Waals surface area (Å²) in [5.74, 6) is -19.2. The Morgan fingerprint density at radius 2 is 0.854 bits per heavy atom. The van der Waals surface area contributed by atoms with Crippen LogP contribution in [0.1, 0.15) is 40.3 Å². The molecule has 0 aliphatic heterocycles. The van der Waals surface area contributed by atoms with Crippen LogP contribution in [0.3, 0.4) is 0 Å². The molecule has 484 valence electrons. The summed E-state index contributed by atoms with van der Waals surface area (Å²) < 4.78 is 230. The third kappa shape index (κ3) is 22.9. The molecule has 33 heteroatoms. The summed E-state index contributed by atoms with van der Waals surface area (Å²) >= 11 is 14.2. The number of urea groups is 2. The van der Waals surface area contributed by atoms with Crippen LogP contribution in [-0.4, -0.2) is 96.4 Å². The molecule has 14 nitrogen and oxygen atoms in total. The van der Waals surface area contributed by atoms with E-state index in [-0.39, 0.29) is 40.4 Å². The van der Waals surface area contributed by atoms with Crippen molar-refractivity contribution in [2.75, 3.05) is 25.0 Å². The highest BCUT2D eigenvalue weighted by Gasteiger charge is 2.47. The summed E-state index contributed by atoms with van der Waals surface area (Å²) in [6, 6.07) is 25.1. The Hall–Kier alpha value is -8.38. The van der Waals surface area contributed by atoms with Gasteiger partial charge in [0.15, 0.2) is 0 Å². The quantitative estimate of drug-likeness (QED) is 0.0205. The van der Waals surface area contributed by atoms with Crippen LogP contribution < -0.4 is 36.5 Å². The van der Waals surface area contributed by atoms with Crippen LogP contribution in [0, 0.1) is 23.3 Å². The smallest absolute Gasteiger partial charge is 0.461 e. The van der Waals surface area contributed by atoms with E-state index in [4.69, 9.17) is 39.9 Å². The first-order valence-electron chi connectivity index (χ1n) is 24.7. The minimum atomic E-state index is -5.03. The van der Waals surface area contributed by atoms with Crippen molar-refractivity contribution in [2.45, 2.75) is 67.8 Å². The Bertz CT molecular complexity index is 3080. The Kier molecular flexibility index (Phi) is 28.0. The fourth-order valence-corrected chi connectivity index (χ4v) is 7.77. The monoisotopic (exact) mass is 1340 g/mol. The number of primary amides is 1. The summed E-state index contributed by atoms with van der Waals surface area (Å²) in [6.07, 6.45) is -19.3. The molecule has 0 bridgehead atoms. The van der Waals surface area contributed by atoms with Crippen LogP contribution in [-0.2, 0) is 38.2 Å². The van der Waals surface area contributed by atoms with E-state index < -0.39 is 125 Å². The molecule has 0 saturated heterocycles. The van der Waals surface area contributed by atoms with Crippen LogP contribution in [0.5, 0.6) is 11.5 Å². The van der Waals surface area contributed by atoms with Crippen LogP contribution in [0.15, 0.2) is 146 Å². The van der Waals surface area contributed by atoms with Gasteiger partial charge in [0.25, 0.3) is 5.91 Å². The molecular weight excluding hydrogens is 1300 g/mol. The molecule has 0 saturated carbocycles. The number of rotatable bonds is 23. The Labute approximate surface area is 509 Å². The fraction of sp³-hybridized carbons (Fsp3) is 0.268. The number of alkyl halides is 14. The zero-order valence-electron chi connectivity index (χ0n) is 45.2. The number of hydrogen-bond donors (Lipinski definition) is 6. The lowest BCUT2D eigenvalue weighted by atomic mass is 9.77. The van der Waals surface area contributed by atoms with Gasteiger partial charge < -0.3 is 46.3 Å². The number of carboxylic acid groups (broad SMARTS) is 1. The van der Waals surface area contributed by atoms with Crippen molar-refractivity contribution >= 4 is 64.2 Å². The number of nitrogens with two attached hydrogens (primary N) is 1. The van der Waals surface area contributed by atoms with Gasteiger partial charge in [-0.3, -0.25) is 4.79 Å². The first-order valence-corrected chi connectivity index (χ1v) is 26.2. The van der Waals surface area contributed by atoms with Crippen molar-refractivity contribution in [1.82, 2.24) is 21.3 Å². The molecule has 7 N–H and O–H groups in total. The Morgan fingerprint density at radius 3 is 1.13 bits per heavy atom. The number of carbonyl (C=O) groups excluding carboxylic acids is 4. The van der Waals surface area contributed by atoms with E-state index in [2.05, 4.69) is 30.6 Å². The third-order valence-electron chi connectivity index (χ3n) is 11.6. The van der Waals surface area contributed by atoms with Gasteiger partial charge in [0.1, 0.15) is 34.8 Å². The molecule has 0 aliphatic carbocycles. The normalized spacial score (nSPS) is 12.8. The summed E-state index contributed by atoms with van der Waals surface area (Å²) in [5, 5.41) is 17.0. The van der Waals surface area contributed by atoms with Gasteiger partial charge in [-0.15, -0.1) is 23.2 Å². The van der Waals surface area contributed by atoms with Crippen molar-refractivity contribution in [3.63, 3.8) is 0 Å². The molecule has 2 atom stereocenters. The lowest BCUT2D eigenvalue weighted by Crippen LogP contribution is -2.55. The van der Waals surface area contributed by atoms with E-state index in [1.807, 2.05) is 0 Å². The van der Waals surface area contributed by atoms with E-state index in [0.29, 0.717) is 29.9 Å². The molecule has 0 unspecified atom stereocenters. The van der Waals surface area contributed by atoms with E-state index >= 15 is 0 Å². The predicted octanol–water partition coefficient (Wildman–Crippen LogP) is 13.6. The number of ether oxygens (including phenoxy) is 3. The Balaban J connectivity index is 0.000000409. The van der Waals surface area contributed by atoms with E-state index in [1.165, 1.54) is 12.1 Å². The molecule has 6 aromatic carbocycles. The molecule has 0 fully saturated rings. The fourth-order valence-electron chi connectivity index (χ4n) is 7.67. The summed E-state index contributed by atoms with van der Waals surface area (Å²) in [4.78, 5) is 57.0. The summed E-state index contributed by atoms with van der Waals surface area (Å²) in [6.45, 7) is -1.17. The van der Waals surface area contributed by atoms with Gasteiger partial charge in [-0.1, -0.05) is 84.9 Å². The van der Waals surface area contributed by atoms with Crippen LogP contribution in [0.25, 0.3) is 0 Å². The highest BCUT2D eigenvalue weighted by atomic mass is 35.5. The second-order valence-corrected chi connectivity index (χ2v) is 19.0. The van der Waals surface area contributed by atoms with Crippen LogP contribution in [0.4, 0.5) is 84.6 Å². The molecule has 6 aromatic rings. The van der Waals surface area contributed by atoms with Crippen molar-refractivity contribution in [3.8, 4) is 11.5 Å². The van der Waals surface area contributed by atoms with E-state index in [1.54, 1.807) is 66.1 Å². The molecular formula is C56H48Cl3F16N5O9. The maximum absolute atomic E-state index is 14.7. The van der Waals surface area contributed by atoms with Gasteiger partial charge >= 0.3 is 60.4 Å². The van der Waals surface area contributed by atoms with Gasteiger partial charge in [0.05, 0.1) is 36.1 Å². The summed E-state index contributed by atoms with van der Waals surface area (Å²) in [5.41, 5.74) is -0.121. The van der Waals surface area contributed by atoms with Crippen molar-refractivity contribution in [1.29, 1.82) is 0 Å². The number of aliphatic carboxylic acids is 1. The molecule has 89 heavy (non-hydrogen) atoms. The number of hydrogen-bond acceptors (Lipinski definition) is 8. The lowest BCUT2D eigenvalue weighted by Gasteiger charge is -2.37. The second-order valence-electron chi connectivity index (χ2n) is 17.9. The molecule has 0 spiro atoms. The van der Waals surface area contributed by atoms with Gasteiger partial charge in [-0.05, 0) is 88.8 Å². The van der Waals surface area contributed by atoms with Gasteiger partial charge in [0.2, 0.25) is 0 Å². The molecule has 6 rings (SSSR count). The first kappa shape index (κ1) is 74.9. The second kappa shape index (κ2) is 33.3. The van der Waals surface area contributed by atoms with E-state index in [0.717, 1.165) is 72.8 Å². The number of halogens is 19. The van der Waals surface area contributed by atoms with Crippen molar-refractivity contribution in [3.05, 3.63) is 202 Å². The zero-order chi connectivity index (χ0) is 67.1. The topological polar surface area (TPSA) is 207 Å². The molecule has 0 aromatic heterocycles. The van der Waals surface area contributed by atoms with E-state index in [9.17, 15) is 94.2 Å². The molecule has 0 radical (unpaired) electrons. The third-order valence-corrected chi connectivity index (χ3v) is 11.7. The lowest BCUT2D eigenvalue weighted by molar-refractivity contribution is -0.253. The van der Waals surface area contributed by atoms with Crippen LogP contribution >= 0.6 is 34.8 Å². The molecule has 5 amide bonds. The van der Waals surface area contributed by atoms with Crippen LogP contribution in [0.2, 0.25) is 0 Å². The molecule has 0 aliphatic rings. The number of carbonyl (C=O) groups is 5. The summed E-state index contributed by atoms with van der Waals surface area (Å²) in [7, 11) is 0. The van der Waals surface area contributed by atoms with Crippen molar-refractivity contribution in [2.24, 2.45) is 5.73 Å². The maximum Gasteiger partial charge on any atom is 0.461 e. The van der Waals surface area contributed by atoms with Crippen molar-refractivity contribution < 1.29 is 114 Å². The number of carboxylic acids is 1. The number of nitrogens with one attached hydrogen (secondary N) is 4. The van der Waals surface area contributed by atoms with Gasteiger partial charge in [-0.25, -0.2) is 36.7 Å². The Morgan fingerprint density at radius 1 is 0.517 bits per heavy atom. The first-order chi connectivity index (χ1) is 41.5. The SMILES string of the molecule is CCOC(=O)Cl.ClCCl.NC(=O)C(F)(F)CNC(=O)N[C@](Cc1ccccc1)(c1ccc(F)cc1)c1cc(F)cc(OC(F)(F)C(F)F)c1.O=C(NCC(F)(F)C(=O)O)N[C@](Cc1ccccc1)(c1ccc(F)cc1)c1cc(F)cc(OC(F)(F)C(F)F)c1. The number of benzene rings is 6. The van der Waals surface area contributed by atoms with Gasteiger partial charge in [-0.2, -0.15) is 52.7 Å². The average molecular weight is 1350 g/mol. The highest BCUT2D eigenvalue weighted by molar-refractivity contribution is 6.61. The maximum atomic E-state index is 14.7. The minimum absolute atomic E-state index is 0.00624. The molecule has 0 heterocycles. The predicted molar refractivity (Wildman–Crippen MR) is 290 cm³/mol. The minimum Gasteiger partial charge on any atom is -0.477 e. The highest BCUT2D eigenvalue weighted by Crippen LogP contribution is 2.40. The average Bonchev–Trinajstić information content (AvgIpc) is 0.810. The standard InChI is InChI=1S/C26H21F8N3O3.C26H20F8N2O4.C3H5ClO2.CH2Cl2/c27-18-8-6-16(7-9-18)24(13-15-4-2-1-3-5-15,37-23(39)36-14-25(31,32)22(35)38)17-10-19(28)12-20(11-17)40-26(33,34)21(29)30;27-18-8-6-16(7-9-18)24(13-15-4-2-1-3-5-15,36-23(39)35-14-25(31,32)22(37)38)17-10-19(28)12-20(11-17)40-26(33,34)21(29)30;1-2-6-3(4)5;2-1-3/h1-12,21H,13-14H2,(H2,35,38)(H2,36,37,39);1-12,21H,13-14H2,(H,37,38)(H2,35,36,39);2H2,1H3;1H2/t2*24-;;/m11../s1. The zero-order valence-corrected chi connectivity index (χ0v) is 47.5. The van der Waals surface area contributed by atoms with Gasteiger partial charge in [0, 0.05) is 36.6 Å².